The minimum atomic E-state index is -0.889. The van der Waals surface area contributed by atoms with Gasteiger partial charge in [-0.3, -0.25) is 4.79 Å². The molecule has 0 aliphatic rings. The standard InChI is InChI=1S/C15H14FNO4S/c1-7-8(2)22-14(12(7)15(20)21-3)17-13(19)9-4-5-11(18)10(16)6-9/h4-6,18H,1-3H3,(H,17,19). The van der Waals surface area contributed by atoms with Gasteiger partial charge < -0.3 is 15.2 Å². The number of methoxy groups -OCH3 is 1. The van der Waals surface area contributed by atoms with Crippen molar-refractivity contribution in [2.45, 2.75) is 13.8 Å². The number of halogens is 1. The van der Waals surface area contributed by atoms with E-state index in [1.807, 2.05) is 6.92 Å². The summed E-state index contributed by atoms with van der Waals surface area (Å²) in [5, 5.41) is 12.1. The van der Waals surface area contributed by atoms with Crippen LogP contribution in [0.25, 0.3) is 0 Å². The molecule has 0 atom stereocenters. The Kier molecular flexibility index (Phi) is 4.46. The lowest BCUT2D eigenvalue weighted by atomic mass is 10.1. The first-order valence-electron chi connectivity index (χ1n) is 6.33. The fourth-order valence-corrected chi connectivity index (χ4v) is 2.93. The van der Waals surface area contributed by atoms with Crippen LogP contribution in [0.1, 0.15) is 31.2 Å². The number of phenolic OH excluding ortho intramolecular Hbond substituents is 1. The molecule has 0 aliphatic heterocycles. The molecule has 1 aromatic heterocycles. The number of carbonyl (C=O) groups excluding carboxylic acids is 2. The van der Waals surface area contributed by atoms with Gasteiger partial charge >= 0.3 is 5.97 Å². The van der Waals surface area contributed by atoms with Crippen LogP contribution in [0.15, 0.2) is 18.2 Å². The zero-order valence-electron chi connectivity index (χ0n) is 12.2. The maximum Gasteiger partial charge on any atom is 0.341 e. The molecule has 2 N–H and O–H groups in total. The number of thiophene rings is 1. The summed E-state index contributed by atoms with van der Waals surface area (Å²) in [5.41, 5.74) is 1.05. The molecule has 22 heavy (non-hydrogen) atoms. The van der Waals surface area contributed by atoms with Crippen LogP contribution >= 0.6 is 11.3 Å². The second-order valence-corrected chi connectivity index (χ2v) is 5.82. The van der Waals surface area contributed by atoms with Crippen molar-refractivity contribution >= 4 is 28.2 Å². The summed E-state index contributed by atoms with van der Waals surface area (Å²) < 4.78 is 18.0. The number of benzene rings is 1. The fraction of sp³-hybridized carbons (Fsp3) is 0.200. The number of rotatable bonds is 3. The molecule has 0 aliphatic carbocycles. The summed E-state index contributed by atoms with van der Waals surface area (Å²) in [6.45, 7) is 3.58. The van der Waals surface area contributed by atoms with Gasteiger partial charge in [0.2, 0.25) is 0 Å². The number of ether oxygens (including phenoxy) is 1. The predicted molar refractivity (Wildman–Crippen MR) is 81.2 cm³/mol. The van der Waals surface area contributed by atoms with Crippen LogP contribution in [0.2, 0.25) is 0 Å². The Hall–Kier alpha value is -2.41. The van der Waals surface area contributed by atoms with Crippen LogP contribution in [-0.4, -0.2) is 24.1 Å². The molecule has 1 heterocycles. The normalized spacial score (nSPS) is 10.4. The van der Waals surface area contributed by atoms with Gasteiger partial charge in [0.25, 0.3) is 5.91 Å². The van der Waals surface area contributed by atoms with Crippen molar-refractivity contribution in [3.05, 3.63) is 45.6 Å². The number of esters is 1. The van der Waals surface area contributed by atoms with Crippen LogP contribution in [0.4, 0.5) is 9.39 Å². The minimum Gasteiger partial charge on any atom is -0.505 e. The van der Waals surface area contributed by atoms with Crippen molar-refractivity contribution in [1.82, 2.24) is 0 Å². The zero-order chi connectivity index (χ0) is 16.4. The number of hydrogen-bond donors (Lipinski definition) is 2. The highest BCUT2D eigenvalue weighted by atomic mass is 32.1. The highest BCUT2D eigenvalue weighted by Gasteiger charge is 2.22. The van der Waals surface area contributed by atoms with Gasteiger partial charge in [-0.05, 0) is 37.6 Å². The van der Waals surface area contributed by atoms with E-state index in [1.54, 1.807) is 6.92 Å². The molecule has 0 radical (unpaired) electrons. The average Bonchev–Trinajstić information content (AvgIpc) is 2.75. The molecule has 0 unspecified atom stereocenters. The van der Waals surface area contributed by atoms with Crippen molar-refractivity contribution in [2.75, 3.05) is 12.4 Å². The number of aryl methyl sites for hydroxylation is 1. The van der Waals surface area contributed by atoms with E-state index < -0.39 is 23.4 Å². The quantitative estimate of drug-likeness (QED) is 0.850. The summed E-state index contributed by atoms with van der Waals surface area (Å²) >= 11 is 1.24. The molecule has 2 rings (SSSR count). The molecule has 0 saturated carbocycles. The summed E-state index contributed by atoms with van der Waals surface area (Å²) in [4.78, 5) is 24.8. The number of amides is 1. The maximum absolute atomic E-state index is 13.3. The molecule has 2 aromatic rings. The van der Waals surface area contributed by atoms with Gasteiger partial charge in [0.1, 0.15) is 5.00 Å². The van der Waals surface area contributed by atoms with Crippen molar-refractivity contribution in [2.24, 2.45) is 0 Å². The molecule has 1 aromatic carbocycles. The summed E-state index contributed by atoms with van der Waals surface area (Å²) in [5.74, 6) is -2.55. The number of hydrogen-bond acceptors (Lipinski definition) is 5. The topological polar surface area (TPSA) is 75.6 Å². The zero-order valence-corrected chi connectivity index (χ0v) is 13.0. The monoisotopic (exact) mass is 323 g/mol. The maximum atomic E-state index is 13.3. The van der Waals surface area contributed by atoms with Gasteiger partial charge in [0, 0.05) is 10.4 Å². The van der Waals surface area contributed by atoms with Crippen LogP contribution in [0.5, 0.6) is 5.75 Å². The molecule has 1 amide bonds. The lowest BCUT2D eigenvalue weighted by molar-refractivity contribution is 0.0601. The Morgan fingerprint density at radius 1 is 1.32 bits per heavy atom. The Morgan fingerprint density at radius 3 is 2.59 bits per heavy atom. The molecule has 0 saturated heterocycles. The molecule has 7 heteroatoms. The molecular weight excluding hydrogens is 309 g/mol. The molecule has 5 nitrogen and oxygen atoms in total. The third kappa shape index (κ3) is 2.94. The second kappa shape index (κ2) is 6.15. The SMILES string of the molecule is COC(=O)c1c(NC(=O)c2ccc(O)c(F)c2)sc(C)c1C. The van der Waals surface area contributed by atoms with Crippen molar-refractivity contribution in [3.63, 3.8) is 0 Å². The van der Waals surface area contributed by atoms with Gasteiger partial charge in [0.15, 0.2) is 11.6 Å². The van der Waals surface area contributed by atoms with E-state index in [2.05, 4.69) is 5.32 Å². The van der Waals surface area contributed by atoms with E-state index in [0.717, 1.165) is 22.6 Å². The first kappa shape index (κ1) is 16.0. The minimum absolute atomic E-state index is 0.0369. The highest BCUT2D eigenvalue weighted by molar-refractivity contribution is 7.16. The number of nitrogens with one attached hydrogen (secondary N) is 1. The van der Waals surface area contributed by atoms with Crippen molar-refractivity contribution in [3.8, 4) is 5.75 Å². The van der Waals surface area contributed by atoms with Crippen LogP contribution in [0.3, 0.4) is 0 Å². The Labute approximate surface area is 130 Å². The van der Waals surface area contributed by atoms with E-state index >= 15 is 0 Å². The van der Waals surface area contributed by atoms with E-state index in [9.17, 15) is 14.0 Å². The van der Waals surface area contributed by atoms with E-state index in [4.69, 9.17) is 9.84 Å². The Morgan fingerprint density at radius 2 is 2.00 bits per heavy atom. The van der Waals surface area contributed by atoms with Gasteiger partial charge in [-0.15, -0.1) is 11.3 Å². The molecule has 0 spiro atoms. The van der Waals surface area contributed by atoms with Crippen LogP contribution < -0.4 is 5.32 Å². The third-order valence-electron chi connectivity index (χ3n) is 3.21. The fourth-order valence-electron chi connectivity index (χ4n) is 1.89. The molecule has 116 valence electrons. The van der Waals surface area contributed by atoms with Crippen LogP contribution in [0, 0.1) is 19.7 Å². The lowest BCUT2D eigenvalue weighted by Crippen LogP contribution is -2.14. The number of carbonyl (C=O) groups is 2. The van der Waals surface area contributed by atoms with Crippen LogP contribution in [-0.2, 0) is 4.74 Å². The molecule has 0 fully saturated rings. The lowest BCUT2D eigenvalue weighted by Gasteiger charge is -2.06. The summed E-state index contributed by atoms with van der Waals surface area (Å²) in [7, 11) is 1.26. The van der Waals surface area contributed by atoms with Gasteiger partial charge in [-0.1, -0.05) is 0 Å². The third-order valence-corrected chi connectivity index (χ3v) is 4.33. The largest absolute Gasteiger partial charge is 0.505 e. The van der Waals surface area contributed by atoms with Gasteiger partial charge in [-0.25, -0.2) is 9.18 Å². The smallest absolute Gasteiger partial charge is 0.341 e. The van der Waals surface area contributed by atoms with Crippen molar-refractivity contribution in [1.29, 1.82) is 0 Å². The predicted octanol–water partition coefficient (Wildman–Crippen LogP) is 3.25. The number of anilines is 1. The first-order chi connectivity index (χ1) is 10.3. The van der Waals surface area contributed by atoms with E-state index in [1.165, 1.54) is 24.5 Å². The van der Waals surface area contributed by atoms with E-state index in [0.29, 0.717) is 5.00 Å². The van der Waals surface area contributed by atoms with Gasteiger partial charge in [0.05, 0.1) is 12.7 Å². The first-order valence-corrected chi connectivity index (χ1v) is 7.15. The van der Waals surface area contributed by atoms with E-state index in [-0.39, 0.29) is 11.1 Å². The Bertz CT molecular complexity index is 754. The Balaban J connectivity index is 2.34. The molecular formula is C15H14FNO4S. The summed E-state index contributed by atoms with van der Waals surface area (Å²) in [6, 6.07) is 3.31. The molecule has 0 bridgehead atoms. The number of phenols is 1. The summed E-state index contributed by atoms with van der Waals surface area (Å²) in [6.07, 6.45) is 0. The highest BCUT2D eigenvalue weighted by Crippen LogP contribution is 2.33. The number of aromatic hydroxyl groups is 1. The van der Waals surface area contributed by atoms with Crippen molar-refractivity contribution < 1.29 is 23.8 Å². The van der Waals surface area contributed by atoms with Gasteiger partial charge in [-0.2, -0.15) is 0 Å². The second-order valence-electron chi connectivity index (χ2n) is 4.60. The average molecular weight is 323 g/mol.